The molecule has 82 valence electrons. The first-order valence-electron chi connectivity index (χ1n) is 5.29. The van der Waals surface area contributed by atoms with E-state index in [9.17, 15) is 4.79 Å². The number of benzene rings is 1. The van der Waals surface area contributed by atoms with Crippen molar-refractivity contribution in [2.75, 3.05) is 6.54 Å². The Hall–Kier alpha value is -1.81. The molecule has 1 aliphatic heterocycles. The molecule has 0 spiro atoms. The fourth-order valence-corrected chi connectivity index (χ4v) is 2.14. The largest absolute Gasteiger partial charge is 0.488 e. The van der Waals surface area contributed by atoms with E-state index < -0.39 is 0 Å². The van der Waals surface area contributed by atoms with Crippen molar-refractivity contribution in [2.24, 2.45) is 5.73 Å². The van der Waals surface area contributed by atoms with Crippen LogP contribution >= 0.6 is 0 Å². The molecule has 1 aromatic heterocycles. The van der Waals surface area contributed by atoms with Crippen LogP contribution < -0.4 is 16.0 Å². The van der Waals surface area contributed by atoms with E-state index in [-0.39, 0.29) is 11.7 Å². The molecule has 1 aliphatic rings. The highest BCUT2D eigenvalue weighted by molar-refractivity contribution is 5.86. The van der Waals surface area contributed by atoms with Crippen molar-refractivity contribution in [1.82, 2.24) is 4.98 Å². The Balaban J connectivity index is 2.23. The van der Waals surface area contributed by atoms with Crippen molar-refractivity contribution in [2.45, 2.75) is 12.5 Å². The lowest BCUT2D eigenvalue weighted by molar-refractivity contribution is 0.244. The van der Waals surface area contributed by atoms with Crippen molar-refractivity contribution < 1.29 is 4.74 Å². The monoisotopic (exact) mass is 216 g/mol. The lowest BCUT2D eigenvalue weighted by Crippen LogP contribution is -2.24. The van der Waals surface area contributed by atoms with Crippen molar-refractivity contribution in [3.8, 4) is 5.75 Å². The molecule has 0 saturated carbocycles. The summed E-state index contributed by atoms with van der Waals surface area (Å²) in [6.45, 7) is 0.513. The fraction of sp³-hybridized carbons (Fsp3) is 0.250. The van der Waals surface area contributed by atoms with Crippen molar-refractivity contribution in [3.63, 3.8) is 0 Å². The Morgan fingerprint density at radius 2 is 2.25 bits per heavy atom. The molecule has 2 heterocycles. The Labute approximate surface area is 92.0 Å². The van der Waals surface area contributed by atoms with E-state index in [0.29, 0.717) is 6.54 Å². The van der Waals surface area contributed by atoms with E-state index in [1.807, 2.05) is 12.1 Å². The van der Waals surface area contributed by atoms with Gasteiger partial charge in [0.25, 0.3) is 0 Å². The third kappa shape index (κ3) is 1.31. The summed E-state index contributed by atoms with van der Waals surface area (Å²) >= 11 is 0. The molecule has 2 aromatic rings. The second-order valence-electron chi connectivity index (χ2n) is 4.02. The van der Waals surface area contributed by atoms with E-state index >= 15 is 0 Å². The Kier molecular flexibility index (Phi) is 1.97. The van der Waals surface area contributed by atoms with Gasteiger partial charge in [-0.3, -0.25) is 4.79 Å². The van der Waals surface area contributed by atoms with E-state index in [1.165, 1.54) is 6.07 Å². The van der Waals surface area contributed by atoms with Gasteiger partial charge in [-0.2, -0.15) is 0 Å². The van der Waals surface area contributed by atoms with Crippen LogP contribution in [-0.4, -0.2) is 17.6 Å². The minimum absolute atomic E-state index is 0.0625. The molecule has 0 saturated heterocycles. The van der Waals surface area contributed by atoms with E-state index in [2.05, 4.69) is 4.98 Å². The number of hydrogen-bond acceptors (Lipinski definition) is 3. The number of nitrogens with one attached hydrogen (secondary N) is 1. The molecule has 0 amide bonds. The molecule has 3 rings (SSSR count). The summed E-state index contributed by atoms with van der Waals surface area (Å²) in [6.07, 6.45) is 0.911. The molecule has 0 fully saturated rings. The highest BCUT2D eigenvalue weighted by Gasteiger charge is 2.23. The molecule has 0 radical (unpaired) electrons. The maximum atomic E-state index is 11.2. The number of H-pyrrole nitrogens is 1. The van der Waals surface area contributed by atoms with Crippen molar-refractivity contribution >= 4 is 10.9 Å². The van der Waals surface area contributed by atoms with Crippen LogP contribution in [0, 0.1) is 0 Å². The second-order valence-corrected chi connectivity index (χ2v) is 4.02. The van der Waals surface area contributed by atoms with Gasteiger partial charge in [0.05, 0.1) is 5.52 Å². The second kappa shape index (κ2) is 3.35. The van der Waals surface area contributed by atoms with Crippen LogP contribution in [0.4, 0.5) is 0 Å². The quantitative estimate of drug-likeness (QED) is 0.740. The SMILES string of the molecule is NCC1Cc2ccc3[nH]c(=O)ccc3c2O1. The Bertz CT molecular complexity index is 603. The number of aromatic amines is 1. The first kappa shape index (κ1) is 9.42. The zero-order valence-corrected chi connectivity index (χ0v) is 8.69. The van der Waals surface area contributed by atoms with Gasteiger partial charge in [-0.25, -0.2) is 0 Å². The molecule has 3 N–H and O–H groups in total. The minimum atomic E-state index is -0.0965. The minimum Gasteiger partial charge on any atom is -0.488 e. The molecule has 1 aromatic carbocycles. The van der Waals surface area contributed by atoms with Crippen molar-refractivity contribution in [1.29, 1.82) is 0 Å². The van der Waals surface area contributed by atoms with Crippen LogP contribution in [-0.2, 0) is 6.42 Å². The van der Waals surface area contributed by atoms with Gasteiger partial charge in [0.2, 0.25) is 5.56 Å². The third-order valence-corrected chi connectivity index (χ3v) is 2.93. The van der Waals surface area contributed by atoms with Crippen LogP contribution in [0.1, 0.15) is 5.56 Å². The normalized spacial score (nSPS) is 18.4. The van der Waals surface area contributed by atoms with Crippen molar-refractivity contribution in [3.05, 3.63) is 40.2 Å². The van der Waals surface area contributed by atoms with Crippen LogP contribution in [0.25, 0.3) is 10.9 Å². The predicted molar refractivity (Wildman–Crippen MR) is 61.7 cm³/mol. The third-order valence-electron chi connectivity index (χ3n) is 2.93. The fourth-order valence-electron chi connectivity index (χ4n) is 2.14. The molecule has 0 aliphatic carbocycles. The van der Waals surface area contributed by atoms with Gasteiger partial charge in [-0.1, -0.05) is 6.07 Å². The first-order valence-corrected chi connectivity index (χ1v) is 5.29. The summed E-state index contributed by atoms with van der Waals surface area (Å²) in [5, 5.41) is 0.952. The first-order chi connectivity index (χ1) is 7.78. The maximum absolute atomic E-state index is 11.2. The zero-order valence-electron chi connectivity index (χ0n) is 8.69. The summed E-state index contributed by atoms with van der Waals surface area (Å²) in [6, 6.07) is 7.22. The summed E-state index contributed by atoms with van der Waals surface area (Å²) in [7, 11) is 0. The van der Waals surface area contributed by atoms with E-state index in [4.69, 9.17) is 10.5 Å². The molecule has 1 unspecified atom stereocenters. The maximum Gasteiger partial charge on any atom is 0.248 e. The van der Waals surface area contributed by atoms with Gasteiger partial charge in [-0.15, -0.1) is 0 Å². The van der Waals surface area contributed by atoms with Gasteiger partial charge in [0, 0.05) is 24.4 Å². The van der Waals surface area contributed by atoms with Crippen LogP contribution in [0.15, 0.2) is 29.1 Å². The molecule has 4 nitrogen and oxygen atoms in total. The Morgan fingerprint density at radius 1 is 1.38 bits per heavy atom. The van der Waals surface area contributed by atoms with Crippen LogP contribution in [0.5, 0.6) is 5.75 Å². The van der Waals surface area contributed by atoms with Gasteiger partial charge >= 0.3 is 0 Å². The van der Waals surface area contributed by atoms with Crippen LogP contribution in [0.3, 0.4) is 0 Å². The van der Waals surface area contributed by atoms with Crippen LogP contribution in [0.2, 0.25) is 0 Å². The highest BCUT2D eigenvalue weighted by Crippen LogP contribution is 2.34. The number of nitrogens with two attached hydrogens (primary N) is 1. The summed E-state index contributed by atoms with van der Waals surface area (Å²) in [5.41, 5.74) is 7.47. The lowest BCUT2D eigenvalue weighted by atomic mass is 10.1. The number of fused-ring (bicyclic) bond motifs is 3. The van der Waals surface area contributed by atoms with Gasteiger partial charge in [0.1, 0.15) is 11.9 Å². The van der Waals surface area contributed by atoms with E-state index in [1.54, 1.807) is 6.07 Å². The summed E-state index contributed by atoms with van der Waals surface area (Å²) in [5.74, 6) is 0.865. The molecule has 0 bridgehead atoms. The van der Waals surface area contributed by atoms with Gasteiger partial charge in [-0.05, 0) is 17.7 Å². The average Bonchev–Trinajstić information content (AvgIpc) is 2.71. The number of pyridine rings is 1. The highest BCUT2D eigenvalue weighted by atomic mass is 16.5. The molecular weight excluding hydrogens is 204 g/mol. The molecule has 4 heteroatoms. The Morgan fingerprint density at radius 3 is 3.06 bits per heavy atom. The zero-order chi connectivity index (χ0) is 11.1. The summed E-state index contributed by atoms with van der Waals surface area (Å²) < 4.78 is 5.76. The smallest absolute Gasteiger partial charge is 0.248 e. The predicted octanol–water partition coefficient (Wildman–Crippen LogP) is 0.790. The lowest BCUT2D eigenvalue weighted by Gasteiger charge is -2.07. The number of rotatable bonds is 1. The topological polar surface area (TPSA) is 68.1 Å². The molecular formula is C12H12N2O2. The average molecular weight is 216 g/mol. The number of ether oxygens (including phenoxy) is 1. The molecule has 16 heavy (non-hydrogen) atoms. The van der Waals surface area contributed by atoms with E-state index in [0.717, 1.165) is 28.6 Å². The molecule has 1 atom stereocenters. The summed E-state index contributed by atoms with van der Waals surface area (Å²) in [4.78, 5) is 14.0. The van der Waals surface area contributed by atoms with Gasteiger partial charge < -0.3 is 15.5 Å². The number of aromatic nitrogens is 1. The van der Waals surface area contributed by atoms with Gasteiger partial charge in [0.15, 0.2) is 0 Å². The number of hydrogen-bond donors (Lipinski definition) is 2. The standard InChI is InChI=1S/C12H12N2O2/c13-6-8-5-7-1-3-10-9(12(7)16-8)2-4-11(15)14-10/h1-4,8H,5-6,13H2,(H,14,15).